The largest absolute Gasteiger partial charge is 0.378 e. The molecule has 0 saturated heterocycles. The van der Waals surface area contributed by atoms with E-state index in [1.54, 1.807) is 0 Å². The highest BCUT2D eigenvalue weighted by Gasteiger charge is 2.17. The van der Waals surface area contributed by atoms with Crippen LogP contribution >= 0.6 is 0 Å². The molecule has 4 rings (SSSR count). The van der Waals surface area contributed by atoms with Crippen LogP contribution in [0, 0.1) is 0 Å². The Morgan fingerprint density at radius 2 is 1.51 bits per heavy atom. The van der Waals surface area contributed by atoms with Crippen LogP contribution in [0.4, 0.5) is 23.5 Å². The molecule has 1 saturated carbocycles. The summed E-state index contributed by atoms with van der Waals surface area (Å²) in [5, 5.41) is 13.0. The molecule has 1 aromatic heterocycles. The average Bonchev–Trinajstić information content (AvgIpc) is 3.49. The van der Waals surface area contributed by atoms with Crippen LogP contribution in [0.1, 0.15) is 36.8 Å². The summed E-state index contributed by atoms with van der Waals surface area (Å²) in [6.45, 7) is 3.60. The van der Waals surface area contributed by atoms with Crippen molar-refractivity contribution in [2.75, 3.05) is 62.0 Å². The van der Waals surface area contributed by atoms with Crippen molar-refractivity contribution in [3.05, 3.63) is 65.7 Å². The van der Waals surface area contributed by atoms with Crippen molar-refractivity contribution >= 4 is 29.4 Å². The van der Waals surface area contributed by atoms with Crippen molar-refractivity contribution in [2.24, 2.45) is 5.73 Å². The number of nitrogens with one attached hydrogen (secondary N) is 4. The van der Waals surface area contributed by atoms with Crippen LogP contribution in [0.3, 0.4) is 0 Å². The summed E-state index contributed by atoms with van der Waals surface area (Å²) >= 11 is 0. The summed E-state index contributed by atoms with van der Waals surface area (Å²) < 4.78 is 10.7. The number of anilines is 4. The van der Waals surface area contributed by atoms with E-state index < -0.39 is 0 Å². The van der Waals surface area contributed by atoms with E-state index in [2.05, 4.69) is 48.4 Å². The minimum Gasteiger partial charge on any atom is -0.378 e. The second-order valence-corrected chi connectivity index (χ2v) is 9.96. The zero-order valence-corrected chi connectivity index (χ0v) is 23.6. The quantitative estimate of drug-likeness (QED) is 0.146. The Balaban J connectivity index is 1.27. The maximum Gasteiger partial charge on any atom is 0.233 e. The summed E-state index contributed by atoms with van der Waals surface area (Å²) in [6, 6.07) is 18.4. The lowest BCUT2D eigenvalue weighted by Gasteiger charge is -2.15. The molecule has 1 aliphatic carbocycles. The number of aromatic nitrogens is 3. The molecule has 6 N–H and O–H groups in total. The van der Waals surface area contributed by atoms with E-state index >= 15 is 0 Å². The van der Waals surface area contributed by atoms with Gasteiger partial charge < -0.3 is 36.5 Å². The minimum atomic E-state index is -0.0556. The first-order chi connectivity index (χ1) is 20.2. The molecule has 1 heterocycles. The van der Waals surface area contributed by atoms with Gasteiger partial charge in [-0.25, -0.2) is 0 Å². The van der Waals surface area contributed by atoms with Gasteiger partial charge in [-0.1, -0.05) is 55.3 Å². The standard InChI is InChI=1S/C30H42N8O3/c31-15-18-40-20-21-41-19-17-32-27(39)22-24-10-12-26(13-11-24)35-30-37-28(33-16-14-23-6-2-1-3-7-23)36-29(38-30)34-25-8-4-5-9-25/h1-3,6-7,10-13,25H,4-5,8-9,14-22,31H2,(H,32,39)(H3,33,34,35,36,37,38). The Hall–Kier alpha value is -3.80. The number of nitrogens with two attached hydrogens (primary N) is 1. The SMILES string of the molecule is NCCOCCOCCNC(=O)Cc1ccc(Nc2nc(NCCc3ccccc3)nc(NC3CCCC3)n2)cc1. The first kappa shape index (κ1) is 30.2. The zero-order chi connectivity index (χ0) is 28.5. The van der Waals surface area contributed by atoms with Crippen LogP contribution in [-0.4, -0.2) is 73.0 Å². The molecule has 1 aliphatic rings. The molecule has 0 bridgehead atoms. The monoisotopic (exact) mass is 562 g/mol. The van der Waals surface area contributed by atoms with Gasteiger partial charge in [-0.2, -0.15) is 15.0 Å². The van der Waals surface area contributed by atoms with Crippen molar-refractivity contribution in [1.82, 2.24) is 20.3 Å². The Kier molecular flexibility index (Phi) is 12.6. The van der Waals surface area contributed by atoms with Crippen molar-refractivity contribution in [3.8, 4) is 0 Å². The van der Waals surface area contributed by atoms with Gasteiger partial charge in [0.15, 0.2) is 0 Å². The fourth-order valence-corrected chi connectivity index (χ4v) is 4.54. The van der Waals surface area contributed by atoms with E-state index in [4.69, 9.17) is 15.2 Å². The second kappa shape index (κ2) is 17.1. The van der Waals surface area contributed by atoms with Gasteiger partial charge in [-0.05, 0) is 42.5 Å². The molecular formula is C30H42N8O3. The van der Waals surface area contributed by atoms with Crippen molar-refractivity contribution in [3.63, 3.8) is 0 Å². The van der Waals surface area contributed by atoms with E-state index in [0.717, 1.165) is 30.5 Å². The molecule has 1 fully saturated rings. The summed E-state index contributed by atoms with van der Waals surface area (Å²) in [6.07, 6.45) is 5.84. The molecule has 0 unspecified atom stereocenters. The summed E-state index contributed by atoms with van der Waals surface area (Å²) in [4.78, 5) is 26.1. The molecule has 0 aliphatic heterocycles. The van der Waals surface area contributed by atoms with Crippen LogP contribution in [0.5, 0.6) is 0 Å². The van der Waals surface area contributed by atoms with Crippen LogP contribution in [0.15, 0.2) is 54.6 Å². The number of carbonyl (C=O) groups excluding carboxylic acids is 1. The highest BCUT2D eigenvalue weighted by Crippen LogP contribution is 2.22. The number of amides is 1. The first-order valence-electron chi connectivity index (χ1n) is 14.5. The van der Waals surface area contributed by atoms with Gasteiger partial charge in [0.1, 0.15) is 0 Å². The van der Waals surface area contributed by atoms with Crippen LogP contribution in [0.25, 0.3) is 0 Å². The van der Waals surface area contributed by atoms with Crippen LogP contribution in [0.2, 0.25) is 0 Å². The maximum absolute atomic E-state index is 12.3. The molecule has 11 heteroatoms. The Labute approximate surface area is 242 Å². The van der Waals surface area contributed by atoms with E-state index in [-0.39, 0.29) is 12.3 Å². The lowest BCUT2D eigenvalue weighted by atomic mass is 10.1. The molecule has 0 atom stereocenters. The molecule has 3 aromatic rings. The molecule has 41 heavy (non-hydrogen) atoms. The van der Waals surface area contributed by atoms with Gasteiger partial charge in [0.2, 0.25) is 23.8 Å². The lowest BCUT2D eigenvalue weighted by molar-refractivity contribution is -0.120. The Bertz CT molecular complexity index is 1170. The molecule has 2 aromatic carbocycles. The Morgan fingerprint density at radius 3 is 2.27 bits per heavy atom. The normalized spacial score (nSPS) is 13.2. The second-order valence-electron chi connectivity index (χ2n) is 9.96. The average molecular weight is 563 g/mol. The van der Waals surface area contributed by atoms with E-state index in [0.29, 0.717) is 69.9 Å². The number of rotatable bonds is 18. The highest BCUT2D eigenvalue weighted by molar-refractivity contribution is 5.78. The number of hydrogen-bond donors (Lipinski definition) is 5. The van der Waals surface area contributed by atoms with Crippen LogP contribution < -0.4 is 27.0 Å². The van der Waals surface area contributed by atoms with E-state index in [1.165, 1.54) is 18.4 Å². The van der Waals surface area contributed by atoms with Gasteiger partial charge in [-0.3, -0.25) is 4.79 Å². The fourth-order valence-electron chi connectivity index (χ4n) is 4.54. The smallest absolute Gasteiger partial charge is 0.233 e. The number of benzene rings is 2. The van der Waals surface area contributed by atoms with Crippen molar-refractivity contribution in [2.45, 2.75) is 44.6 Å². The number of hydrogen-bond acceptors (Lipinski definition) is 10. The topological polar surface area (TPSA) is 148 Å². The molecule has 220 valence electrons. The summed E-state index contributed by atoms with van der Waals surface area (Å²) in [7, 11) is 0. The van der Waals surface area contributed by atoms with Crippen LogP contribution in [-0.2, 0) is 27.1 Å². The fraction of sp³-hybridized carbons (Fsp3) is 0.467. The predicted molar refractivity (Wildman–Crippen MR) is 161 cm³/mol. The van der Waals surface area contributed by atoms with Gasteiger partial charge in [0, 0.05) is 31.4 Å². The third kappa shape index (κ3) is 11.3. The van der Waals surface area contributed by atoms with Crippen molar-refractivity contribution in [1.29, 1.82) is 0 Å². The number of carbonyl (C=O) groups is 1. The highest BCUT2D eigenvalue weighted by atomic mass is 16.5. The van der Waals surface area contributed by atoms with Gasteiger partial charge in [0.05, 0.1) is 32.8 Å². The third-order valence-electron chi connectivity index (χ3n) is 6.64. The van der Waals surface area contributed by atoms with Crippen molar-refractivity contribution < 1.29 is 14.3 Å². The Morgan fingerprint density at radius 1 is 0.805 bits per heavy atom. The van der Waals surface area contributed by atoms with Gasteiger partial charge in [-0.15, -0.1) is 0 Å². The summed E-state index contributed by atoms with van der Waals surface area (Å²) in [5.74, 6) is 1.50. The molecule has 1 amide bonds. The molecular weight excluding hydrogens is 520 g/mol. The number of ether oxygens (including phenoxy) is 2. The molecule has 0 spiro atoms. The zero-order valence-electron chi connectivity index (χ0n) is 23.6. The van der Waals surface area contributed by atoms with E-state index in [9.17, 15) is 4.79 Å². The minimum absolute atomic E-state index is 0.0556. The molecule has 0 radical (unpaired) electrons. The predicted octanol–water partition coefficient (Wildman–Crippen LogP) is 3.27. The first-order valence-corrected chi connectivity index (χ1v) is 14.5. The number of nitrogens with zero attached hydrogens (tertiary/aromatic N) is 3. The summed E-state index contributed by atoms with van der Waals surface area (Å²) in [5.41, 5.74) is 8.36. The maximum atomic E-state index is 12.3. The molecule has 11 nitrogen and oxygen atoms in total. The lowest BCUT2D eigenvalue weighted by Crippen LogP contribution is -2.29. The van der Waals surface area contributed by atoms with E-state index in [1.807, 2.05) is 42.5 Å². The van der Waals surface area contributed by atoms with Gasteiger partial charge in [0.25, 0.3) is 0 Å². The third-order valence-corrected chi connectivity index (χ3v) is 6.64. The van der Waals surface area contributed by atoms with Gasteiger partial charge >= 0.3 is 0 Å².